The number of nitrogens with one attached hydrogen (secondary N) is 1. The molecular weight excluding hydrogens is 375 g/mol. The Kier molecular flexibility index (Phi) is 6.16. The van der Waals surface area contributed by atoms with Gasteiger partial charge in [-0.25, -0.2) is 0 Å². The number of halogens is 3. The number of carbonyl (C=O) groups is 1. The molecule has 0 saturated heterocycles. The number of amides is 1. The lowest BCUT2D eigenvalue weighted by molar-refractivity contribution is -0.118. The van der Waals surface area contributed by atoms with Gasteiger partial charge in [-0.05, 0) is 24.3 Å². The Hall–Kier alpha value is -2.13. The highest BCUT2D eigenvalue weighted by atomic mass is 35.5. The second-order valence-electron chi connectivity index (χ2n) is 4.56. The van der Waals surface area contributed by atoms with Crippen LogP contribution >= 0.6 is 34.8 Å². The number of methoxy groups -OCH3 is 1. The fraction of sp³-hybridized carbons (Fsp3) is 0.125. The maximum Gasteiger partial charge on any atom is 0.262 e. The first-order chi connectivity index (χ1) is 11.4. The van der Waals surface area contributed by atoms with Gasteiger partial charge in [0.25, 0.3) is 5.91 Å². The van der Waals surface area contributed by atoms with Gasteiger partial charge in [0, 0.05) is 11.1 Å². The fourth-order valence-electron chi connectivity index (χ4n) is 1.84. The predicted molar refractivity (Wildman–Crippen MR) is 93.3 cm³/mol. The van der Waals surface area contributed by atoms with Crippen molar-refractivity contribution in [3.8, 4) is 17.6 Å². The molecule has 1 amide bonds. The van der Waals surface area contributed by atoms with Gasteiger partial charge in [-0.15, -0.1) is 0 Å². The lowest BCUT2D eigenvalue weighted by Gasteiger charge is -2.12. The molecule has 0 aromatic heterocycles. The molecule has 0 bridgehead atoms. The van der Waals surface area contributed by atoms with Gasteiger partial charge in [0.05, 0.1) is 34.5 Å². The van der Waals surface area contributed by atoms with Gasteiger partial charge in [-0.1, -0.05) is 34.8 Å². The molecule has 2 aromatic rings. The monoisotopic (exact) mass is 384 g/mol. The highest BCUT2D eigenvalue weighted by Gasteiger charge is 2.13. The minimum Gasteiger partial charge on any atom is -0.493 e. The molecule has 0 saturated carbocycles. The van der Waals surface area contributed by atoms with E-state index in [2.05, 4.69) is 5.32 Å². The molecule has 0 radical (unpaired) electrons. The zero-order valence-electron chi connectivity index (χ0n) is 12.4. The van der Waals surface area contributed by atoms with Crippen LogP contribution in [0.3, 0.4) is 0 Å². The highest BCUT2D eigenvalue weighted by Crippen LogP contribution is 2.33. The molecule has 8 heteroatoms. The van der Waals surface area contributed by atoms with Crippen LogP contribution < -0.4 is 14.8 Å². The fourth-order valence-corrected chi connectivity index (χ4v) is 2.75. The molecule has 0 aliphatic rings. The maximum atomic E-state index is 12.0. The van der Waals surface area contributed by atoms with E-state index in [0.717, 1.165) is 0 Å². The van der Waals surface area contributed by atoms with Crippen LogP contribution in [0.2, 0.25) is 15.1 Å². The van der Waals surface area contributed by atoms with Crippen molar-refractivity contribution in [2.45, 2.75) is 0 Å². The van der Waals surface area contributed by atoms with Gasteiger partial charge < -0.3 is 14.8 Å². The number of benzene rings is 2. The van der Waals surface area contributed by atoms with E-state index in [1.807, 2.05) is 6.07 Å². The van der Waals surface area contributed by atoms with Gasteiger partial charge in [0.1, 0.15) is 0 Å². The SMILES string of the molecule is COc1cc(C#N)ccc1OCC(=O)Nc1c(Cl)cc(Cl)cc1Cl. The molecule has 0 unspecified atom stereocenters. The van der Waals surface area contributed by atoms with Crippen molar-refractivity contribution in [1.29, 1.82) is 5.26 Å². The normalized spacial score (nSPS) is 9.96. The molecule has 0 atom stereocenters. The number of hydrogen-bond acceptors (Lipinski definition) is 4. The van der Waals surface area contributed by atoms with Gasteiger partial charge in [0.15, 0.2) is 18.1 Å². The zero-order valence-corrected chi connectivity index (χ0v) is 14.7. The van der Waals surface area contributed by atoms with E-state index in [1.165, 1.54) is 25.3 Å². The minimum absolute atomic E-state index is 0.219. The molecule has 124 valence electrons. The van der Waals surface area contributed by atoms with E-state index in [1.54, 1.807) is 12.1 Å². The molecule has 5 nitrogen and oxygen atoms in total. The zero-order chi connectivity index (χ0) is 17.7. The van der Waals surface area contributed by atoms with Crippen LogP contribution in [0, 0.1) is 11.3 Å². The molecule has 0 aliphatic carbocycles. The van der Waals surface area contributed by atoms with Gasteiger partial charge >= 0.3 is 0 Å². The van der Waals surface area contributed by atoms with Crippen molar-refractivity contribution >= 4 is 46.4 Å². The molecule has 0 fully saturated rings. The van der Waals surface area contributed by atoms with Gasteiger partial charge in [-0.3, -0.25) is 4.79 Å². The topological polar surface area (TPSA) is 71.3 Å². The van der Waals surface area contributed by atoms with Crippen molar-refractivity contribution in [3.05, 3.63) is 51.0 Å². The number of nitriles is 1. The third-order valence-corrected chi connectivity index (χ3v) is 3.74. The Morgan fingerprint density at radius 3 is 2.42 bits per heavy atom. The van der Waals surface area contributed by atoms with Crippen LogP contribution in [0.25, 0.3) is 0 Å². The number of hydrogen-bond donors (Lipinski definition) is 1. The smallest absolute Gasteiger partial charge is 0.262 e. The third-order valence-electron chi connectivity index (χ3n) is 2.92. The standard InChI is InChI=1S/C16H11Cl3N2O3/c1-23-14-4-9(7-20)2-3-13(14)24-8-15(22)21-16-11(18)5-10(17)6-12(16)19/h2-6H,8H2,1H3,(H,21,22). The van der Waals surface area contributed by atoms with E-state index in [-0.39, 0.29) is 22.3 Å². The van der Waals surface area contributed by atoms with Gasteiger partial charge in [-0.2, -0.15) is 5.26 Å². The van der Waals surface area contributed by atoms with Crippen LogP contribution in [0.4, 0.5) is 5.69 Å². The molecule has 24 heavy (non-hydrogen) atoms. The molecule has 0 spiro atoms. The summed E-state index contributed by atoms with van der Waals surface area (Å²) in [5, 5.41) is 12.2. The number of carbonyl (C=O) groups excluding carboxylic acids is 1. The number of rotatable bonds is 5. The quantitative estimate of drug-likeness (QED) is 0.820. The van der Waals surface area contributed by atoms with Crippen molar-refractivity contribution in [2.75, 3.05) is 19.0 Å². The van der Waals surface area contributed by atoms with Crippen molar-refractivity contribution in [2.24, 2.45) is 0 Å². The Labute approximate surface area is 153 Å². The van der Waals surface area contributed by atoms with Gasteiger partial charge in [0.2, 0.25) is 0 Å². The van der Waals surface area contributed by atoms with E-state index in [4.69, 9.17) is 49.5 Å². The minimum atomic E-state index is -0.465. The Balaban J connectivity index is 2.06. The van der Waals surface area contributed by atoms with E-state index < -0.39 is 5.91 Å². The predicted octanol–water partition coefficient (Wildman–Crippen LogP) is 4.54. The van der Waals surface area contributed by atoms with E-state index >= 15 is 0 Å². The highest BCUT2D eigenvalue weighted by molar-refractivity contribution is 6.42. The summed E-state index contributed by atoms with van der Waals surface area (Å²) in [7, 11) is 1.44. The average molecular weight is 386 g/mol. The second-order valence-corrected chi connectivity index (χ2v) is 5.81. The van der Waals surface area contributed by atoms with Crippen LogP contribution in [0.1, 0.15) is 5.56 Å². The largest absolute Gasteiger partial charge is 0.493 e. The molecule has 0 aliphatic heterocycles. The van der Waals surface area contributed by atoms with Crippen LogP contribution in [-0.2, 0) is 4.79 Å². The summed E-state index contributed by atoms with van der Waals surface area (Å²) in [4.78, 5) is 12.0. The summed E-state index contributed by atoms with van der Waals surface area (Å²) in [5.41, 5.74) is 0.673. The van der Waals surface area contributed by atoms with E-state index in [9.17, 15) is 4.79 Å². The summed E-state index contributed by atoms with van der Waals surface area (Å²) in [5.74, 6) is 0.219. The summed E-state index contributed by atoms with van der Waals surface area (Å²) >= 11 is 17.8. The number of nitrogens with zero attached hydrogens (tertiary/aromatic N) is 1. The van der Waals surface area contributed by atoms with Crippen LogP contribution in [0.5, 0.6) is 11.5 Å². The molecule has 0 heterocycles. The number of anilines is 1. The third kappa shape index (κ3) is 4.45. The first kappa shape index (κ1) is 18.2. The first-order valence-corrected chi connectivity index (χ1v) is 7.73. The summed E-state index contributed by atoms with van der Waals surface area (Å²) < 4.78 is 10.5. The maximum absolute atomic E-state index is 12.0. The Morgan fingerprint density at radius 1 is 1.17 bits per heavy atom. The van der Waals surface area contributed by atoms with Crippen LogP contribution in [0.15, 0.2) is 30.3 Å². The first-order valence-electron chi connectivity index (χ1n) is 6.60. The van der Waals surface area contributed by atoms with Crippen molar-refractivity contribution in [1.82, 2.24) is 0 Å². The molecule has 1 N–H and O–H groups in total. The Morgan fingerprint density at radius 2 is 1.83 bits per heavy atom. The lowest BCUT2D eigenvalue weighted by atomic mass is 10.2. The van der Waals surface area contributed by atoms with Crippen molar-refractivity contribution in [3.63, 3.8) is 0 Å². The van der Waals surface area contributed by atoms with E-state index in [0.29, 0.717) is 22.1 Å². The molecule has 2 aromatic carbocycles. The summed E-state index contributed by atoms with van der Waals surface area (Å²) in [6, 6.07) is 9.54. The second kappa shape index (κ2) is 8.11. The molecular formula is C16H11Cl3N2O3. The Bertz CT molecular complexity index is 796. The lowest BCUT2D eigenvalue weighted by Crippen LogP contribution is -2.20. The summed E-state index contributed by atoms with van der Waals surface area (Å²) in [6.07, 6.45) is 0. The average Bonchev–Trinajstić information content (AvgIpc) is 2.56. The number of ether oxygens (including phenoxy) is 2. The molecule has 2 rings (SSSR count). The summed E-state index contributed by atoms with van der Waals surface area (Å²) in [6.45, 7) is -0.294. The van der Waals surface area contributed by atoms with Crippen molar-refractivity contribution < 1.29 is 14.3 Å². The van der Waals surface area contributed by atoms with Crippen LogP contribution in [-0.4, -0.2) is 19.6 Å².